The molecule has 7 heteroatoms. The van der Waals surface area contributed by atoms with E-state index in [9.17, 15) is 14.4 Å². The van der Waals surface area contributed by atoms with Crippen LogP contribution in [0, 0.1) is 5.92 Å². The van der Waals surface area contributed by atoms with E-state index in [1.807, 2.05) is 0 Å². The van der Waals surface area contributed by atoms with Crippen molar-refractivity contribution in [3.8, 4) is 0 Å². The van der Waals surface area contributed by atoms with Crippen molar-refractivity contribution >= 4 is 17.9 Å². The molecule has 2 atom stereocenters. The van der Waals surface area contributed by atoms with Gasteiger partial charge in [0.1, 0.15) is 6.54 Å². The van der Waals surface area contributed by atoms with Gasteiger partial charge in [-0.3, -0.25) is 9.59 Å². The van der Waals surface area contributed by atoms with Crippen LogP contribution in [0.15, 0.2) is 0 Å². The Labute approximate surface area is 111 Å². The second-order valence-corrected chi connectivity index (χ2v) is 5.06. The number of carbonyl (C=O) groups is 3. The van der Waals surface area contributed by atoms with Gasteiger partial charge in [-0.15, -0.1) is 0 Å². The molecule has 0 aromatic carbocycles. The van der Waals surface area contributed by atoms with Crippen LogP contribution in [0.1, 0.15) is 25.7 Å². The lowest BCUT2D eigenvalue weighted by Crippen LogP contribution is -2.56. The van der Waals surface area contributed by atoms with Crippen LogP contribution in [0.5, 0.6) is 0 Å². The van der Waals surface area contributed by atoms with Crippen LogP contribution in [0.25, 0.3) is 0 Å². The minimum absolute atomic E-state index is 0.0380. The van der Waals surface area contributed by atoms with E-state index in [-0.39, 0.29) is 24.5 Å². The quantitative estimate of drug-likeness (QED) is 0.645. The van der Waals surface area contributed by atoms with Crippen molar-refractivity contribution in [3.05, 3.63) is 0 Å². The van der Waals surface area contributed by atoms with Crippen LogP contribution >= 0.6 is 0 Å². The zero-order valence-electron chi connectivity index (χ0n) is 10.7. The monoisotopic (exact) mass is 269 g/mol. The highest BCUT2D eigenvalue weighted by Crippen LogP contribution is 2.24. The minimum Gasteiger partial charge on any atom is -0.481 e. The zero-order chi connectivity index (χ0) is 13.8. The van der Waals surface area contributed by atoms with Gasteiger partial charge < -0.3 is 20.6 Å². The van der Waals surface area contributed by atoms with Crippen molar-refractivity contribution in [2.75, 3.05) is 19.6 Å². The Kier molecular flexibility index (Phi) is 4.24. The highest BCUT2D eigenvalue weighted by atomic mass is 16.4. The van der Waals surface area contributed by atoms with Gasteiger partial charge in [-0.2, -0.15) is 0 Å². The number of carbonyl (C=O) groups excluding carboxylic acids is 2. The van der Waals surface area contributed by atoms with Crippen molar-refractivity contribution in [3.63, 3.8) is 0 Å². The molecule has 0 radical (unpaired) electrons. The van der Waals surface area contributed by atoms with Crippen LogP contribution in [0.3, 0.4) is 0 Å². The van der Waals surface area contributed by atoms with E-state index in [1.54, 1.807) is 0 Å². The number of rotatable bonds is 2. The van der Waals surface area contributed by atoms with Crippen LogP contribution in [0.4, 0.5) is 4.79 Å². The van der Waals surface area contributed by atoms with E-state index >= 15 is 0 Å². The summed E-state index contributed by atoms with van der Waals surface area (Å²) in [6.07, 6.45) is 3.09. The summed E-state index contributed by atoms with van der Waals surface area (Å²) in [5.41, 5.74) is 0. The molecule has 2 fully saturated rings. The van der Waals surface area contributed by atoms with E-state index in [1.165, 1.54) is 4.90 Å². The number of carboxylic acid groups (broad SMARTS) is 1. The van der Waals surface area contributed by atoms with Crippen molar-refractivity contribution in [1.29, 1.82) is 0 Å². The first-order valence-electron chi connectivity index (χ1n) is 6.63. The summed E-state index contributed by atoms with van der Waals surface area (Å²) in [6, 6.07) is -0.670. The number of urea groups is 1. The second kappa shape index (κ2) is 5.90. The molecule has 3 amide bonds. The molecular weight excluding hydrogens is 250 g/mol. The molecule has 106 valence electrons. The third-order valence-corrected chi connectivity index (χ3v) is 3.72. The summed E-state index contributed by atoms with van der Waals surface area (Å²) < 4.78 is 0. The molecule has 0 bridgehead atoms. The highest BCUT2D eigenvalue weighted by Gasteiger charge is 2.33. The van der Waals surface area contributed by atoms with Crippen molar-refractivity contribution in [1.82, 2.24) is 15.5 Å². The van der Waals surface area contributed by atoms with E-state index in [0.717, 1.165) is 12.8 Å². The van der Waals surface area contributed by atoms with Gasteiger partial charge in [-0.1, -0.05) is 12.8 Å². The van der Waals surface area contributed by atoms with E-state index in [0.29, 0.717) is 25.9 Å². The third kappa shape index (κ3) is 3.36. The Balaban J connectivity index is 1.92. The van der Waals surface area contributed by atoms with Crippen LogP contribution in [0.2, 0.25) is 0 Å². The molecule has 1 aliphatic heterocycles. The number of nitrogens with one attached hydrogen (secondary N) is 2. The molecule has 0 aromatic rings. The number of nitrogens with zero attached hydrogens (tertiary/aromatic N) is 1. The standard InChI is InChI=1S/C12H19N3O4/c16-10-7-15(6-5-13-10)12(19)14-9-4-2-1-3-8(9)11(17)18/h8-9H,1-7H2,(H,13,16)(H,14,19)(H,17,18). The highest BCUT2D eigenvalue weighted by molar-refractivity contribution is 5.85. The van der Waals surface area contributed by atoms with Crippen LogP contribution in [-0.2, 0) is 9.59 Å². The summed E-state index contributed by atoms with van der Waals surface area (Å²) in [5.74, 6) is -1.56. The Morgan fingerprint density at radius 2 is 2.05 bits per heavy atom. The molecule has 3 N–H and O–H groups in total. The van der Waals surface area contributed by atoms with Gasteiger partial charge in [0.2, 0.25) is 5.91 Å². The maximum atomic E-state index is 12.0. The first-order valence-corrected chi connectivity index (χ1v) is 6.63. The van der Waals surface area contributed by atoms with Crippen molar-refractivity contribution < 1.29 is 19.5 Å². The SMILES string of the molecule is O=C1CN(C(=O)NC2CCCCC2C(=O)O)CCN1. The Morgan fingerprint density at radius 1 is 1.32 bits per heavy atom. The molecule has 2 aliphatic rings. The van der Waals surface area contributed by atoms with Gasteiger partial charge in [0.15, 0.2) is 0 Å². The zero-order valence-corrected chi connectivity index (χ0v) is 10.7. The summed E-state index contributed by atoms with van der Waals surface area (Å²) in [4.78, 5) is 35.8. The molecule has 1 saturated carbocycles. The maximum absolute atomic E-state index is 12.0. The molecular formula is C12H19N3O4. The third-order valence-electron chi connectivity index (χ3n) is 3.72. The van der Waals surface area contributed by atoms with Crippen molar-refractivity contribution in [2.24, 2.45) is 5.92 Å². The van der Waals surface area contributed by atoms with Crippen LogP contribution in [-0.4, -0.2) is 53.6 Å². The lowest BCUT2D eigenvalue weighted by Gasteiger charge is -2.33. The number of aliphatic carboxylic acids is 1. The largest absolute Gasteiger partial charge is 0.481 e. The van der Waals surface area contributed by atoms with Gasteiger partial charge in [-0.05, 0) is 12.8 Å². The van der Waals surface area contributed by atoms with E-state index in [2.05, 4.69) is 10.6 Å². The lowest BCUT2D eigenvalue weighted by atomic mass is 9.84. The maximum Gasteiger partial charge on any atom is 0.318 e. The summed E-state index contributed by atoms with van der Waals surface area (Å²) in [6.45, 7) is 0.942. The summed E-state index contributed by atoms with van der Waals surface area (Å²) in [5, 5.41) is 14.6. The first kappa shape index (κ1) is 13.6. The van der Waals surface area contributed by atoms with E-state index in [4.69, 9.17) is 5.11 Å². The Morgan fingerprint density at radius 3 is 2.74 bits per heavy atom. The second-order valence-electron chi connectivity index (χ2n) is 5.06. The average Bonchev–Trinajstić information content (AvgIpc) is 2.39. The van der Waals surface area contributed by atoms with Gasteiger partial charge in [-0.25, -0.2) is 4.79 Å². The number of hydrogen-bond acceptors (Lipinski definition) is 3. The molecule has 1 aliphatic carbocycles. The topological polar surface area (TPSA) is 98.7 Å². The predicted octanol–water partition coefficient (Wildman–Crippen LogP) is -0.229. The smallest absolute Gasteiger partial charge is 0.318 e. The molecule has 2 rings (SSSR count). The van der Waals surface area contributed by atoms with Gasteiger partial charge >= 0.3 is 12.0 Å². The number of hydrogen-bond donors (Lipinski definition) is 3. The number of piperazine rings is 1. The molecule has 0 spiro atoms. The fraction of sp³-hybridized carbons (Fsp3) is 0.750. The average molecular weight is 269 g/mol. The summed E-state index contributed by atoms with van der Waals surface area (Å²) >= 11 is 0. The molecule has 2 unspecified atom stereocenters. The molecule has 1 saturated heterocycles. The molecule has 1 heterocycles. The minimum atomic E-state index is -0.860. The molecule has 7 nitrogen and oxygen atoms in total. The predicted molar refractivity (Wildman–Crippen MR) is 66.5 cm³/mol. The summed E-state index contributed by atoms with van der Waals surface area (Å²) in [7, 11) is 0. The number of carboxylic acids is 1. The van der Waals surface area contributed by atoms with Gasteiger partial charge in [0.05, 0.1) is 5.92 Å². The first-order chi connectivity index (χ1) is 9.08. The Hall–Kier alpha value is -1.79. The van der Waals surface area contributed by atoms with Gasteiger partial charge in [0, 0.05) is 19.1 Å². The Bertz CT molecular complexity index is 385. The van der Waals surface area contributed by atoms with Crippen molar-refractivity contribution in [2.45, 2.75) is 31.7 Å². The fourth-order valence-electron chi connectivity index (χ4n) is 2.66. The van der Waals surface area contributed by atoms with Gasteiger partial charge in [0.25, 0.3) is 0 Å². The van der Waals surface area contributed by atoms with Crippen LogP contribution < -0.4 is 10.6 Å². The van der Waals surface area contributed by atoms with E-state index < -0.39 is 11.9 Å². The lowest BCUT2D eigenvalue weighted by molar-refractivity contribution is -0.143. The fourth-order valence-corrected chi connectivity index (χ4v) is 2.66. The number of amides is 3. The molecule has 0 aromatic heterocycles. The molecule has 19 heavy (non-hydrogen) atoms. The normalized spacial score (nSPS) is 27.6.